The number of piperidine rings is 1. The average molecular weight is 413 g/mol. The van der Waals surface area contributed by atoms with Gasteiger partial charge in [-0.2, -0.15) is 0 Å². The molecule has 2 bridgehead atoms. The van der Waals surface area contributed by atoms with Crippen LogP contribution in [0.2, 0.25) is 0 Å². The molecular formula is C20H21F2N7O. The van der Waals surface area contributed by atoms with Crippen molar-refractivity contribution in [2.75, 3.05) is 11.9 Å². The molecule has 2 aliphatic rings. The van der Waals surface area contributed by atoms with Gasteiger partial charge in [-0.3, -0.25) is 0 Å². The first kappa shape index (κ1) is 18.9. The van der Waals surface area contributed by atoms with Crippen molar-refractivity contribution in [3.8, 4) is 22.7 Å². The summed E-state index contributed by atoms with van der Waals surface area (Å²) < 4.78 is 30.6. The van der Waals surface area contributed by atoms with Crippen LogP contribution in [-0.4, -0.2) is 67.4 Å². The predicted octanol–water partition coefficient (Wildman–Crippen LogP) is 2.05. The lowest BCUT2D eigenvalue weighted by atomic mass is 9.96. The lowest BCUT2D eigenvalue weighted by molar-refractivity contribution is 0.171. The molecule has 1 aromatic carbocycles. The molecule has 5 atom stereocenters. The number of phenolic OH excluding ortho intramolecular Hbond substituents is 1. The SMILES string of the molecule is CN(c1ncc(-c2ccc(-n3ccnc3)cc2O)nn1)[C@@H]1CC2N[C@@H](C[C@@H]2F)[C@H]1F. The minimum absolute atomic E-state index is 0.0335. The Bertz CT molecular complexity index is 1030. The molecule has 8 nitrogen and oxygen atoms in total. The van der Waals surface area contributed by atoms with E-state index in [1.54, 1.807) is 47.4 Å². The highest BCUT2D eigenvalue weighted by atomic mass is 19.1. The van der Waals surface area contributed by atoms with Crippen molar-refractivity contribution in [1.29, 1.82) is 0 Å². The number of benzene rings is 1. The minimum atomic E-state index is -1.21. The molecular weight excluding hydrogens is 392 g/mol. The molecule has 0 aliphatic carbocycles. The number of fused-ring (bicyclic) bond motifs is 2. The summed E-state index contributed by atoms with van der Waals surface area (Å²) in [5.74, 6) is 0.295. The quantitative estimate of drug-likeness (QED) is 0.676. The van der Waals surface area contributed by atoms with Gasteiger partial charge in [0.05, 0.1) is 24.3 Å². The number of hydrogen-bond acceptors (Lipinski definition) is 7. The zero-order chi connectivity index (χ0) is 20.8. The van der Waals surface area contributed by atoms with Crippen LogP contribution in [0.4, 0.5) is 14.7 Å². The summed E-state index contributed by atoms with van der Waals surface area (Å²) in [6.07, 6.45) is 4.86. The third kappa shape index (κ3) is 3.17. The Morgan fingerprint density at radius 2 is 2.07 bits per heavy atom. The van der Waals surface area contributed by atoms with E-state index in [1.807, 2.05) is 6.07 Å². The lowest BCUT2D eigenvalue weighted by Gasteiger charge is -2.37. The molecule has 0 saturated carbocycles. The van der Waals surface area contributed by atoms with Crippen LogP contribution >= 0.6 is 0 Å². The second-order valence-electron chi connectivity index (χ2n) is 7.80. The van der Waals surface area contributed by atoms with Crippen molar-refractivity contribution in [3.05, 3.63) is 43.1 Å². The Morgan fingerprint density at radius 1 is 1.20 bits per heavy atom. The summed E-state index contributed by atoms with van der Waals surface area (Å²) in [6, 6.07) is 3.81. The van der Waals surface area contributed by atoms with Gasteiger partial charge in [-0.15, -0.1) is 10.2 Å². The van der Waals surface area contributed by atoms with E-state index in [1.165, 1.54) is 6.20 Å². The van der Waals surface area contributed by atoms with Gasteiger partial charge in [0.2, 0.25) is 5.95 Å². The van der Waals surface area contributed by atoms with Crippen molar-refractivity contribution < 1.29 is 13.9 Å². The maximum Gasteiger partial charge on any atom is 0.245 e. The van der Waals surface area contributed by atoms with Gasteiger partial charge in [0.15, 0.2) is 0 Å². The molecule has 2 fully saturated rings. The number of rotatable bonds is 4. The van der Waals surface area contributed by atoms with Crippen LogP contribution in [0.15, 0.2) is 43.1 Å². The molecule has 0 radical (unpaired) electrons. The Kier molecular flexibility index (Phi) is 4.58. The molecule has 4 heterocycles. The second-order valence-corrected chi connectivity index (χ2v) is 7.80. The topological polar surface area (TPSA) is 92.0 Å². The van der Waals surface area contributed by atoms with Gasteiger partial charge in [0.1, 0.15) is 23.8 Å². The van der Waals surface area contributed by atoms with Gasteiger partial charge in [-0.05, 0) is 25.0 Å². The number of anilines is 1. The molecule has 2 saturated heterocycles. The fourth-order valence-corrected chi connectivity index (χ4v) is 4.33. The van der Waals surface area contributed by atoms with Gasteiger partial charge in [-0.1, -0.05) is 0 Å². The van der Waals surface area contributed by atoms with Gasteiger partial charge in [0, 0.05) is 43.2 Å². The van der Waals surface area contributed by atoms with E-state index in [2.05, 4.69) is 25.5 Å². The van der Waals surface area contributed by atoms with E-state index in [4.69, 9.17) is 0 Å². The highest BCUT2D eigenvalue weighted by Gasteiger charge is 2.49. The molecule has 2 N–H and O–H groups in total. The maximum atomic E-state index is 14.8. The number of hydrogen-bond donors (Lipinski definition) is 2. The highest BCUT2D eigenvalue weighted by molar-refractivity contribution is 5.68. The molecule has 3 aromatic rings. The summed E-state index contributed by atoms with van der Waals surface area (Å²) in [5.41, 5.74) is 1.64. The number of nitrogens with zero attached hydrogens (tertiary/aromatic N) is 6. The largest absolute Gasteiger partial charge is 0.507 e. The van der Waals surface area contributed by atoms with E-state index < -0.39 is 24.4 Å². The minimum Gasteiger partial charge on any atom is -0.507 e. The van der Waals surface area contributed by atoms with Crippen LogP contribution in [0.3, 0.4) is 0 Å². The van der Waals surface area contributed by atoms with E-state index in [9.17, 15) is 13.9 Å². The van der Waals surface area contributed by atoms with Crippen LogP contribution in [0, 0.1) is 0 Å². The molecule has 30 heavy (non-hydrogen) atoms. The number of nitrogens with one attached hydrogen (secondary N) is 1. The van der Waals surface area contributed by atoms with Crippen molar-refractivity contribution in [2.24, 2.45) is 0 Å². The Labute approximate surface area is 171 Å². The first-order chi connectivity index (χ1) is 14.5. The molecule has 2 aromatic heterocycles. The van der Waals surface area contributed by atoms with Gasteiger partial charge in [0.25, 0.3) is 0 Å². The third-order valence-electron chi connectivity index (χ3n) is 6.01. The van der Waals surface area contributed by atoms with Crippen molar-refractivity contribution in [3.63, 3.8) is 0 Å². The van der Waals surface area contributed by atoms with E-state index in [0.717, 1.165) is 5.69 Å². The predicted molar refractivity (Wildman–Crippen MR) is 106 cm³/mol. The second kappa shape index (κ2) is 7.28. The summed E-state index contributed by atoms with van der Waals surface area (Å²) in [4.78, 5) is 9.93. The maximum absolute atomic E-state index is 14.8. The number of phenols is 1. The fourth-order valence-electron chi connectivity index (χ4n) is 4.33. The molecule has 0 amide bonds. The summed E-state index contributed by atoms with van der Waals surface area (Å²) >= 11 is 0. The fraction of sp³-hybridized carbons (Fsp3) is 0.400. The molecule has 2 aliphatic heterocycles. The van der Waals surface area contributed by atoms with Gasteiger partial charge < -0.3 is 19.9 Å². The van der Waals surface area contributed by atoms with Gasteiger partial charge >= 0.3 is 0 Å². The van der Waals surface area contributed by atoms with Crippen molar-refractivity contribution in [1.82, 2.24) is 30.0 Å². The standard InChI is InChI=1S/C20H21F2N7O/c1-28(17-8-14-13(21)7-15(25-14)19(17)22)20-24-9-16(26-27-20)12-3-2-11(6-18(12)30)29-5-4-23-10-29/h2-6,9-10,13-15,17,19,25,30H,7-8H2,1H3/t13-,14?,15-,17+,19+/m0/s1. The third-order valence-corrected chi connectivity index (χ3v) is 6.01. The molecule has 5 rings (SSSR count). The van der Waals surface area contributed by atoms with Crippen LogP contribution in [0.5, 0.6) is 5.75 Å². The zero-order valence-corrected chi connectivity index (χ0v) is 16.2. The number of aromatic hydroxyl groups is 1. The van der Waals surface area contributed by atoms with E-state index >= 15 is 0 Å². The summed E-state index contributed by atoms with van der Waals surface area (Å²) in [6.45, 7) is 0. The number of alkyl halides is 2. The Morgan fingerprint density at radius 3 is 2.77 bits per heavy atom. The molecule has 1 unspecified atom stereocenters. The lowest BCUT2D eigenvalue weighted by Crippen LogP contribution is -2.56. The normalized spacial score (nSPS) is 27.9. The van der Waals surface area contributed by atoms with Crippen LogP contribution in [-0.2, 0) is 0 Å². The molecule has 0 spiro atoms. The zero-order valence-electron chi connectivity index (χ0n) is 16.2. The van der Waals surface area contributed by atoms with Crippen LogP contribution < -0.4 is 10.2 Å². The Balaban J connectivity index is 1.36. The van der Waals surface area contributed by atoms with Gasteiger partial charge in [-0.25, -0.2) is 18.7 Å². The van der Waals surface area contributed by atoms with E-state index in [0.29, 0.717) is 17.7 Å². The molecule has 156 valence electrons. The van der Waals surface area contributed by atoms with Crippen molar-refractivity contribution in [2.45, 2.75) is 43.3 Å². The first-order valence-corrected chi connectivity index (χ1v) is 9.79. The number of halogens is 2. The van der Waals surface area contributed by atoms with Crippen LogP contribution in [0.1, 0.15) is 12.8 Å². The summed E-state index contributed by atoms with van der Waals surface area (Å²) in [5, 5.41) is 21.7. The van der Waals surface area contributed by atoms with E-state index in [-0.39, 0.29) is 24.2 Å². The number of imidazole rings is 1. The average Bonchev–Trinajstić information content (AvgIpc) is 3.39. The van der Waals surface area contributed by atoms with Crippen LogP contribution in [0.25, 0.3) is 16.9 Å². The van der Waals surface area contributed by atoms with Crippen molar-refractivity contribution >= 4 is 5.95 Å². The summed E-state index contributed by atoms with van der Waals surface area (Å²) in [7, 11) is 1.70. The highest BCUT2D eigenvalue weighted by Crippen LogP contribution is 2.35. The number of aromatic nitrogens is 5. The molecule has 10 heteroatoms. The Hall–Kier alpha value is -3.14. The first-order valence-electron chi connectivity index (χ1n) is 9.79. The smallest absolute Gasteiger partial charge is 0.245 e. The monoisotopic (exact) mass is 413 g/mol.